The van der Waals surface area contributed by atoms with Gasteiger partial charge in [0.15, 0.2) is 0 Å². The molecule has 5 heteroatoms. The largest absolute Gasteiger partial charge is 0.368 e. The minimum Gasteiger partial charge on any atom is -0.368 e. The predicted octanol–water partition coefficient (Wildman–Crippen LogP) is 2.29. The fraction of sp³-hybridized carbons (Fsp3) is 0.200. The highest BCUT2D eigenvalue weighted by Gasteiger charge is 2.06. The molecule has 2 heterocycles. The van der Waals surface area contributed by atoms with Gasteiger partial charge in [-0.15, -0.1) is 11.3 Å². The second-order valence-electron chi connectivity index (χ2n) is 3.18. The molecule has 2 rings (SSSR count). The minimum atomic E-state index is 0.235. The van der Waals surface area contributed by atoms with Gasteiger partial charge in [-0.1, -0.05) is 6.07 Å². The first-order valence-corrected chi connectivity index (χ1v) is 5.52. The molecule has 0 saturated carbocycles. The molecule has 0 fully saturated rings. The molecule has 0 bridgehead atoms. The maximum Gasteiger partial charge on any atom is 0.221 e. The molecule has 1 unspecified atom stereocenters. The van der Waals surface area contributed by atoms with Crippen LogP contribution in [0, 0.1) is 0 Å². The second kappa shape index (κ2) is 4.27. The van der Waals surface area contributed by atoms with Crippen molar-refractivity contribution in [2.75, 3.05) is 11.1 Å². The zero-order valence-corrected chi connectivity index (χ0v) is 9.16. The molecule has 0 radical (unpaired) electrons. The van der Waals surface area contributed by atoms with Gasteiger partial charge in [-0.3, -0.25) is 0 Å². The summed E-state index contributed by atoms with van der Waals surface area (Å²) in [7, 11) is 0. The summed E-state index contributed by atoms with van der Waals surface area (Å²) >= 11 is 1.72. The van der Waals surface area contributed by atoms with E-state index in [0.29, 0.717) is 5.95 Å². The summed E-state index contributed by atoms with van der Waals surface area (Å²) in [4.78, 5) is 9.19. The first-order chi connectivity index (χ1) is 7.25. The number of rotatable bonds is 3. The van der Waals surface area contributed by atoms with E-state index in [0.717, 1.165) is 5.82 Å². The van der Waals surface area contributed by atoms with Crippen LogP contribution >= 0.6 is 11.3 Å². The summed E-state index contributed by atoms with van der Waals surface area (Å²) in [5, 5.41) is 5.32. The monoisotopic (exact) mass is 220 g/mol. The molecule has 1 atom stereocenters. The van der Waals surface area contributed by atoms with Crippen LogP contribution in [0.5, 0.6) is 0 Å². The van der Waals surface area contributed by atoms with Gasteiger partial charge in [0.1, 0.15) is 5.82 Å². The van der Waals surface area contributed by atoms with Gasteiger partial charge in [0.2, 0.25) is 5.95 Å². The number of nitrogens with one attached hydrogen (secondary N) is 1. The second-order valence-corrected chi connectivity index (χ2v) is 4.16. The van der Waals surface area contributed by atoms with Crippen molar-refractivity contribution in [2.45, 2.75) is 13.0 Å². The SMILES string of the molecule is CC(Nc1ccnc(N)n1)c1cccs1. The maximum atomic E-state index is 5.49. The van der Waals surface area contributed by atoms with Crippen molar-refractivity contribution >= 4 is 23.1 Å². The summed E-state index contributed by atoms with van der Waals surface area (Å²) in [5.74, 6) is 1.04. The van der Waals surface area contributed by atoms with Crippen molar-refractivity contribution in [2.24, 2.45) is 0 Å². The Kier molecular flexibility index (Phi) is 2.82. The lowest BCUT2D eigenvalue weighted by Gasteiger charge is -2.12. The lowest BCUT2D eigenvalue weighted by molar-refractivity contribution is 0.894. The molecule has 15 heavy (non-hydrogen) atoms. The molecular weight excluding hydrogens is 208 g/mol. The van der Waals surface area contributed by atoms with E-state index >= 15 is 0 Å². The van der Waals surface area contributed by atoms with Gasteiger partial charge < -0.3 is 11.1 Å². The Morgan fingerprint density at radius 1 is 1.47 bits per heavy atom. The minimum absolute atomic E-state index is 0.235. The van der Waals surface area contributed by atoms with Crippen LogP contribution in [0.2, 0.25) is 0 Å². The smallest absolute Gasteiger partial charge is 0.221 e. The molecule has 0 spiro atoms. The molecule has 0 amide bonds. The number of anilines is 2. The van der Waals surface area contributed by atoms with Crippen molar-refractivity contribution in [3.63, 3.8) is 0 Å². The molecule has 0 aromatic carbocycles. The molecule has 0 aliphatic heterocycles. The van der Waals surface area contributed by atoms with Crippen molar-refractivity contribution in [3.05, 3.63) is 34.7 Å². The third-order valence-electron chi connectivity index (χ3n) is 2.01. The zero-order valence-electron chi connectivity index (χ0n) is 8.34. The number of nitrogens with zero attached hydrogens (tertiary/aromatic N) is 2. The van der Waals surface area contributed by atoms with Crippen molar-refractivity contribution in [1.82, 2.24) is 9.97 Å². The Bertz CT molecular complexity index is 427. The van der Waals surface area contributed by atoms with E-state index in [1.165, 1.54) is 4.88 Å². The molecular formula is C10H12N4S. The third-order valence-corrected chi connectivity index (χ3v) is 3.06. The molecule has 3 N–H and O–H groups in total. The molecule has 78 valence electrons. The van der Waals surface area contributed by atoms with Crippen LogP contribution in [-0.2, 0) is 0 Å². The van der Waals surface area contributed by atoms with Crippen molar-refractivity contribution < 1.29 is 0 Å². The van der Waals surface area contributed by atoms with Gasteiger partial charge in [0, 0.05) is 11.1 Å². The Morgan fingerprint density at radius 2 is 2.33 bits per heavy atom. The first kappa shape index (κ1) is 9.92. The summed E-state index contributed by atoms with van der Waals surface area (Å²) in [6.07, 6.45) is 1.64. The van der Waals surface area contributed by atoms with Crippen molar-refractivity contribution in [1.29, 1.82) is 0 Å². The molecule has 2 aromatic rings. The van der Waals surface area contributed by atoms with Gasteiger partial charge in [-0.25, -0.2) is 4.98 Å². The molecule has 0 aliphatic rings. The molecule has 0 aliphatic carbocycles. The maximum absolute atomic E-state index is 5.49. The van der Waals surface area contributed by atoms with E-state index in [9.17, 15) is 0 Å². The van der Waals surface area contributed by atoms with Gasteiger partial charge in [0.05, 0.1) is 6.04 Å². The van der Waals surface area contributed by atoms with E-state index < -0.39 is 0 Å². The van der Waals surface area contributed by atoms with E-state index in [-0.39, 0.29) is 6.04 Å². The van der Waals surface area contributed by atoms with Crippen LogP contribution in [-0.4, -0.2) is 9.97 Å². The highest BCUT2D eigenvalue weighted by Crippen LogP contribution is 2.21. The summed E-state index contributed by atoms with van der Waals surface area (Å²) < 4.78 is 0. The summed E-state index contributed by atoms with van der Waals surface area (Å²) in [5.41, 5.74) is 5.49. The van der Waals surface area contributed by atoms with E-state index in [2.05, 4.69) is 33.7 Å². The lowest BCUT2D eigenvalue weighted by atomic mass is 10.3. The van der Waals surface area contributed by atoms with E-state index in [4.69, 9.17) is 5.73 Å². The fourth-order valence-electron chi connectivity index (χ4n) is 1.28. The number of aromatic nitrogens is 2. The van der Waals surface area contributed by atoms with Crippen LogP contribution in [0.3, 0.4) is 0 Å². The molecule has 2 aromatic heterocycles. The van der Waals surface area contributed by atoms with E-state index in [1.54, 1.807) is 23.6 Å². The topological polar surface area (TPSA) is 63.8 Å². The number of hydrogen-bond donors (Lipinski definition) is 2. The summed E-state index contributed by atoms with van der Waals surface area (Å²) in [6, 6.07) is 6.17. The standard InChI is InChI=1S/C10H12N4S/c1-7(8-3-2-6-15-8)13-9-4-5-12-10(11)14-9/h2-7H,1H3,(H3,11,12,13,14). The Balaban J connectivity index is 2.09. The van der Waals surface area contributed by atoms with Crippen LogP contribution in [0.15, 0.2) is 29.8 Å². The molecule has 0 saturated heterocycles. The first-order valence-electron chi connectivity index (χ1n) is 4.64. The highest BCUT2D eigenvalue weighted by atomic mass is 32.1. The van der Waals surface area contributed by atoms with Gasteiger partial charge in [-0.05, 0) is 24.4 Å². The predicted molar refractivity (Wildman–Crippen MR) is 62.8 cm³/mol. The average Bonchev–Trinajstić information content (AvgIpc) is 2.70. The normalized spacial score (nSPS) is 12.3. The van der Waals surface area contributed by atoms with Gasteiger partial charge in [-0.2, -0.15) is 4.98 Å². The van der Waals surface area contributed by atoms with Gasteiger partial charge in [0.25, 0.3) is 0 Å². The third kappa shape index (κ3) is 2.44. The Labute approximate surface area is 92.2 Å². The van der Waals surface area contributed by atoms with Gasteiger partial charge >= 0.3 is 0 Å². The summed E-state index contributed by atoms with van der Waals surface area (Å²) in [6.45, 7) is 2.09. The van der Waals surface area contributed by atoms with Crippen LogP contribution in [0.4, 0.5) is 11.8 Å². The number of nitrogen functional groups attached to an aromatic ring is 1. The van der Waals surface area contributed by atoms with Crippen LogP contribution < -0.4 is 11.1 Å². The molecule has 4 nitrogen and oxygen atoms in total. The fourth-order valence-corrected chi connectivity index (χ4v) is 2.02. The van der Waals surface area contributed by atoms with Crippen molar-refractivity contribution in [3.8, 4) is 0 Å². The quantitative estimate of drug-likeness (QED) is 0.833. The highest BCUT2D eigenvalue weighted by molar-refractivity contribution is 7.10. The Hall–Kier alpha value is -1.62. The van der Waals surface area contributed by atoms with Crippen LogP contribution in [0.1, 0.15) is 17.8 Å². The number of nitrogens with two attached hydrogens (primary N) is 1. The lowest BCUT2D eigenvalue weighted by Crippen LogP contribution is -2.07. The number of thiophene rings is 1. The number of hydrogen-bond acceptors (Lipinski definition) is 5. The van der Waals surface area contributed by atoms with E-state index in [1.807, 2.05) is 6.07 Å². The average molecular weight is 220 g/mol. The Morgan fingerprint density at radius 3 is 3.00 bits per heavy atom. The van der Waals surface area contributed by atoms with Crippen LogP contribution in [0.25, 0.3) is 0 Å². The zero-order chi connectivity index (χ0) is 10.7.